The molecule has 2 amide bonds. The van der Waals surface area contributed by atoms with Crippen LogP contribution in [-0.4, -0.2) is 58.1 Å². The molecule has 0 aromatic carbocycles. The van der Waals surface area contributed by atoms with E-state index in [9.17, 15) is 21.6 Å². The van der Waals surface area contributed by atoms with E-state index in [0.717, 1.165) is 21.6 Å². The van der Waals surface area contributed by atoms with Crippen LogP contribution in [-0.2, 0) is 17.7 Å². The van der Waals surface area contributed by atoms with E-state index >= 15 is 0 Å². The van der Waals surface area contributed by atoms with Crippen molar-refractivity contribution in [3.8, 4) is 0 Å². The van der Waals surface area contributed by atoms with Crippen LogP contribution in [0.2, 0.25) is 0 Å². The van der Waals surface area contributed by atoms with Crippen LogP contribution >= 0.6 is 21.6 Å². The number of rotatable bonds is 2. The quantitative estimate of drug-likeness (QED) is 0.561. The Labute approximate surface area is 131 Å². The van der Waals surface area contributed by atoms with Crippen LogP contribution in [0.1, 0.15) is 12.8 Å². The summed E-state index contributed by atoms with van der Waals surface area (Å²) in [6, 6.07) is -0.692. The summed E-state index contributed by atoms with van der Waals surface area (Å²) in [5.41, 5.74) is 0. The molecule has 0 aromatic rings. The molecule has 0 bridgehead atoms. The summed E-state index contributed by atoms with van der Waals surface area (Å²) in [5, 5.41) is 2.67. The summed E-state index contributed by atoms with van der Waals surface area (Å²) >= 11 is 0. The Hall–Kier alpha value is -0.260. The first-order valence-corrected chi connectivity index (χ1v) is 12.7. The van der Waals surface area contributed by atoms with Crippen LogP contribution in [0.3, 0.4) is 0 Å². The van der Waals surface area contributed by atoms with Gasteiger partial charge in [-0.2, -0.15) is 0 Å². The van der Waals surface area contributed by atoms with Gasteiger partial charge in [-0.15, -0.1) is 0 Å². The van der Waals surface area contributed by atoms with Gasteiger partial charge < -0.3 is 5.32 Å². The normalized spacial score (nSPS) is 31.8. The summed E-state index contributed by atoms with van der Waals surface area (Å²) < 4.78 is 44.9. The number of hydrogen-bond acceptors (Lipinski definition) is 7. The molecule has 2 aliphatic heterocycles. The molecule has 0 spiro atoms. The van der Waals surface area contributed by atoms with Crippen molar-refractivity contribution in [1.29, 1.82) is 0 Å². The minimum Gasteiger partial charge on any atom is -0.333 e. The van der Waals surface area contributed by atoms with Crippen LogP contribution in [0.15, 0.2) is 4.99 Å². The topological polar surface area (TPSA) is 110 Å². The minimum absolute atomic E-state index is 0.0228. The molecule has 2 heterocycles. The summed E-state index contributed by atoms with van der Waals surface area (Å²) in [6.07, 6.45) is 2.36. The molecular weight excluding hydrogens is 356 g/mol. The molecule has 2 unspecified atom stereocenters. The van der Waals surface area contributed by atoms with Crippen LogP contribution in [0.4, 0.5) is 4.79 Å². The highest BCUT2D eigenvalue weighted by molar-refractivity contribution is 8.72. The molecule has 7 nitrogen and oxygen atoms in total. The zero-order valence-electron chi connectivity index (χ0n) is 11.1. The van der Waals surface area contributed by atoms with Gasteiger partial charge in [0.2, 0.25) is 17.7 Å². The molecule has 21 heavy (non-hydrogen) atoms. The number of carbonyl (C=O) groups is 1. The van der Waals surface area contributed by atoms with Gasteiger partial charge in [-0.05, 0) is 34.4 Å². The average Bonchev–Trinajstić information content (AvgIpc) is 2.40. The van der Waals surface area contributed by atoms with E-state index in [1.54, 1.807) is 0 Å². The van der Waals surface area contributed by atoms with Gasteiger partial charge >= 0.3 is 6.03 Å². The fourth-order valence-electron chi connectivity index (χ4n) is 1.86. The number of aliphatic imine (C=N–C) groups is 1. The predicted molar refractivity (Wildman–Crippen MR) is 86.0 cm³/mol. The minimum atomic E-state index is -3.02. The van der Waals surface area contributed by atoms with Gasteiger partial charge in [0.25, 0.3) is 0 Å². The van der Waals surface area contributed by atoms with E-state index in [-0.39, 0.29) is 23.5 Å². The van der Waals surface area contributed by atoms with Gasteiger partial charge in [-0.1, -0.05) is 0 Å². The third-order valence-electron chi connectivity index (χ3n) is 3.10. The fourth-order valence-corrected chi connectivity index (χ4v) is 8.06. The lowest BCUT2D eigenvalue weighted by Gasteiger charge is -2.21. The first-order chi connectivity index (χ1) is 9.76. The Morgan fingerprint density at radius 2 is 1.67 bits per heavy atom. The lowest BCUT2D eigenvalue weighted by atomic mass is 10.1. The largest absolute Gasteiger partial charge is 0.340 e. The van der Waals surface area contributed by atoms with Gasteiger partial charge in [0.1, 0.15) is 0 Å². The number of hydrogen-bond donors (Lipinski definition) is 1. The van der Waals surface area contributed by atoms with Crippen molar-refractivity contribution in [3.05, 3.63) is 0 Å². The maximum absolute atomic E-state index is 11.6. The summed E-state index contributed by atoms with van der Waals surface area (Å²) in [6.45, 7) is 0. The van der Waals surface area contributed by atoms with E-state index in [2.05, 4.69) is 10.3 Å². The Morgan fingerprint density at radius 3 is 2.19 bits per heavy atom. The molecule has 2 atom stereocenters. The monoisotopic (exact) mass is 372 g/mol. The van der Waals surface area contributed by atoms with E-state index in [1.807, 2.05) is 0 Å². The van der Waals surface area contributed by atoms with Gasteiger partial charge in [0.05, 0.1) is 11.5 Å². The zero-order valence-corrected chi connectivity index (χ0v) is 14.4. The second-order valence-corrected chi connectivity index (χ2v) is 13.5. The van der Waals surface area contributed by atoms with Crippen molar-refractivity contribution < 1.29 is 21.6 Å². The maximum atomic E-state index is 11.6. The molecule has 2 rings (SSSR count). The predicted octanol–water partition coefficient (Wildman–Crippen LogP) is 0.685. The molecule has 2 aliphatic rings. The van der Waals surface area contributed by atoms with Crippen molar-refractivity contribution in [1.82, 2.24) is 5.32 Å². The first kappa shape index (κ1) is 17.1. The number of nitrogens with one attached hydrogen (secondary N) is 1. The Kier molecular flexibility index (Phi) is 5.60. The van der Waals surface area contributed by atoms with Crippen molar-refractivity contribution in [2.75, 3.05) is 23.0 Å². The summed E-state index contributed by atoms with van der Waals surface area (Å²) in [4.78, 5) is 15.4. The van der Waals surface area contributed by atoms with Gasteiger partial charge in [0, 0.05) is 29.7 Å². The second kappa shape index (κ2) is 6.88. The van der Waals surface area contributed by atoms with Gasteiger partial charge in [-0.25, -0.2) is 26.6 Å². The average molecular weight is 373 g/mol. The van der Waals surface area contributed by atoms with E-state index in [4.69, 9.17) is 0 Å². The SMILES string of the molecule is O=C(N=CC1CCS(=O)(=O)SC1)NC1CCS(=O)(=O)SC1. The highest BCUT2D eigenvalue weighted by atomic mass is 33.1. The molecule has 0 saturated carbocycles. The van der Waals surface area contributed by atoms with E-state index < -0.39 is 23.8 Å². The number of urea groups is 1. The van der Waals surface area contributed by atoms with Gasteiger partial charge in [0.15, 0.2) is 0 Å². The number of nitrogens with zero attached hydrogens (tertiary/aromatic N) is 1. The summed E-state index contributed by atoms with van der Waals surface area (Å²) in [7, 11) is -4.27. The standard InChI is InChI=1S/C10H16N2O5S4/c13-10(12-9-2-4-21(16,17)19-7-9)11-5-8-1-3-20(14,15)18-6-8/h5,8-9H,1-4,6-7H2,(H,12,13). The van der Waals surface area contributed by atoms with E-state index in [0.29, 0.717) is 24.3 Å². The molecule has 11 heteroatoms. The summed E-state index contributed by atoms with van der Waals surface area (Å²) in [5.74, 6) is 0.888. The zero-order chi connectivity index (χ0) is 15.5. The fraction of sp³-hybridized carbons (Fsp3) is 0.800. The van der Waals surface area contributed by atoms with Crippen LogP contribution < -0.4 is 5.32 Å². The van der Waals surface area contributed by atoms with Crippen LogP contribution in [0.5, 0.6) is 0 Å². The van der Waals surface area contributed by atoms with E-state index in [1.165, 1.54) is 6.21 Å². The van der Waals surface area contributed by atoms with Crippen molar-refractivity contribution >= 4 is 51.6 Å². The molecular formula is C10H16N2O5S4. The smallest absolute Gasteiger partial charge is 0.333 e. The molecule has 0 aliphatic carbocycles. The van der Waals surface area contributed by atoms with Gasteiger partial charge in [-0.3, -0.25) is 0 Å². The Balaban J connectivity index is 1.76. The molecule has 2 saturated heterocycles. The third kappa shape index (κ3) is 5.80. The van der Waals surface area contributed by atoms with Crippen molar-refractivity contribution in [2.45, 2.75) is 18.9 Å². The molecule has 0 aromatic heterocycles. The first-order valence-electron chi connectivity index (χ1n) is 6.35. The Bertz CT molecular complexity index is 600. The third-order valence-corrected chi connectivity index (χ3v) is 10.4. The lowest BCUT2D eigenvalue weighted by molar-refractivity contribution is 0.246. The lowest BCUT2D eigenvalue weighted by Crippen LogP contribution is -2.39. The molecule has 120 valence electrons. The highest BCUT2D eigenvalue weighted by Gasteiger charge is 2.26. The number of amides is 2. The van der Waals surface area contributed by atoms with Crippen molar-refractivity contribution in [2.24, 2.45) is 10.9 Å². The highest BCUT2D eigenvalue weighted by Crippen LogP contribution is 2.26. The van der Waals surface area contributed by atoms with Crippen molar-refractivity contribution in [3.63, 3.8) is 0 Å². The van der Waals surface area contributed by atoms with Crippen LogP contribution in [0.25, 0.3) is 0 Å². The second-order valence-electron chi connectivity index (χ2n) is 4.85. The molecule has 0 radical (unpaired) electrons. The van der Waals surface area contributed by atoms with Crippen LogP contribution in [0, 0.1) is 5.92 Å². The maximum Gasteiger partial charge on any atom is 0.340 e. The number of carbonyl (C=O) groups excluding carboxylic acids is 1. The molecule has 2 fully saturated rings. The molecule has 1 N–H and O–H groups in total. The Morgan fingerprint density at radius 1 is 1.05 bits per heavy atom.